The first-order chi connectivity index (χ1) is 10.1. The van der Waals surface area contributed by atoms with Gasteiger partial charge in [-0.25, -0.2) is 0 Å². The minimum Gasteiger partial charge on any atom is -0.348 e. The highest BCUT2D eigenvalue weighted by molar-refractivity contribution is 6.30. The molecule has 4 heteroatoms. The smallest absolute Gasteiger partial charge is 0.278 e. The molecule has 1 unspecified atom stereocenters. The number of rotatable bonds is 5. The second-order valence-corrected chi connectivity index (χ2v) is 6.65. The van der Waals surface area contributed by atoms with Crippen molar-refractivity contribution < 1.29 is 9.69 Å². The van der Waals surface area contributed by atoms with Crippen molar-refractivity contribution in [1.29, 1.82) is 0 Å². The Bertz CT molecular complexity index is 454. The summed E-state index contributed by atoms with van der Waals surface area (Å²) >= 11 is 5.90. The van der Waals surface area contributed by atoms with Gasteiger partial charge in [0.25, 0.3) is 5.91 Å². The van der Waals surface area contributed by atoms with E-state index in [-0.39, 0.29) is 11.9 Å². The van der Waals surface area contributed by atoms with Crippen molar-refractivity contribution in [2.45, 2.75) is 57.7 Å². The maximum Gasteiger partial charge on any atom is 0.278 e. The van der Waals surface area contributed by atoms with Gasteiger partial charge in [-0.05, 0) is 31.9 Å². The zero-order valence-corrected chi connectivity index (χ0v) is 13.7. The van der Waals surface area contributed by atoms with Gasteiger partial charge in [0.05, 0.1) is 7.05 Å². The highest BCUT2D eigenvalue weighted by atomic mass is 35.5. The van der Waals surface area contributed by atoms with Crippen LogP contribution in [0.3, 0.4) is 0 Å². The summed E-state index contributed by atoms with van der Waals surface area (Å²) < 4.78 is 0. The first-order valence-corrected chi connectivity index (χ1v) is 8.31. The van der Waals surface area contributed by atoms with Crippen LogP contribution in [0, 0.1) is 0 Å². The molecule has 2 N–H and O–H groups in total. The quantitative estimate of drug-likeness (QED) is 0.859. The molecule has 3 nitrogen and oxygen atoms in total. The average Bonchev–Trinajstić information content (AvgIpc) is 2.49. The largest absolute Gasteiger partial charge is 0.348 e. The van der Waals surface area contributed by atoms with Crippen LogP contribution in [-0.4, -0.2) is 25.0 Å². The maximum atomic E-state index is 12.3. The van der Waals surface area contributed by atoms with Gasteiger partial charge >= 0.3 is 0 Å². The number of hydrogen-bond donors (Lipinski definition) is 2. The number of hydrogen-bond acceptors (Lipinski definition) is 1. The molecule has 0 heterocycles. The van der Waals surface area contributed by atoms with Crippen LogP contribution in [-0.2, 0) is 11.3 Å². The van der Waals surface area contributed by atoms with Crippen molar-refractivity contribution in [2.24, 2.45) is 0 Å². The van der Waals surface area contributed by atoms with Gasteiger partial charge < -0.3 is 10.2 Å². The Hall–Kier alpha value is -1.06. The first kappa shape index (κ1) is 16.3. The van der Waals surface area contributed by atoms with E-state index >= 15 is 0 Å². The minimum absolute atomic E-state index is 0.0393. The zero-order chi connectivity index (χ0) is 15.2. The molecule has 0 saturated heterocycles. The molecule has 21 heavy (non-hydrogen) atoms. The topological polar surface area (TPSA) is 33.5 Å². The van der Waals surface area contributed by atoms with E-state index in [0.717, 1.165) is 24.4 Å². The number of nitrogens with one attached hydrogen (secondary N) is 2. The molecular weight excluding hydrogens is 284 g/mol. The molecule has 0 spiro atoms. The molecular formula is C17H26ClN2O+. The Kier molecular flexibility index (Phi) is 6.07. The number of carbonyl (C=O) groups excluding carboxylic acids is 1. The number of halogens is 1. The van der Waals surface area contributed by atoms with E-state index < -0.39 is 0 Å². The highest BCUT2D eigenvalue weighted by Gasteiger charge is 2.25. The molecule has 2 atom stereocenters. The molecule has 1 amide bonds. The Labute approximate surface area is 132 Å². The number of quaternary nitrogens is 1. The van der Waals surface area contributed by atoms with Gasteiger partial charge in [0.2, 0.25) is 0 Å². The van der Waals surface area contributed by atoms with E-state index in [4.69, 9.17) is 11.6 Å². The van der Waals surface area contributed by atoms with Gasteiger partial charge in [-0.2, -0.15) is 0 Å². The molecule has 2 rings (SSSR count). The van der Waals surface area contributed by atoms with Crippen LogP contribution in [0.2, 0.25) is 5.02 Å². The molecule has 1 saturated carbocycles. The van der Waals surface area contributed by atoms with Gasteiger partial charge in [-0.15, -0.1) is 0 Å². The first-order valence-electron chi connectivity index (χ1n) is 7.93. The number of benzene rings is 1. The third kappa shape index (κ3) is 5.01. The number of amides is 1. The van der Waals surface area contributed by atoms with Crippen LogP contribution in [0.1, 0.15) is 44.6 Å². The van der Waals surface area contributed by atoms with E-state index in [1.165, 1.54) is 29.7 Å². The van der Waals surface area contributed by atoms with Gasteiger partial charge in [0.15, 0.2) is 6.04 Å². The van der Waals surface area contributed by atoms with Crippen molar-refractivity contribution >= 4 is 17.5 Å². The molecule has 1 fully saturated rings. The fourth-order valence-corrected chi connectivity index (χ4v) is 3.00. The fraction of sp³-hybridized carbons (Fsp3) is 0.588. The molecule has 1 aromatic carbocycles. The van der Waals surface area contributed by atoms with E-state index in [1.807, 2.05) is 31.2 Å². The lowest BCUT2D eigenvalue weighted by Gasteiger charge is -2.26. The predicted molar refractivity (Wildman–Crippen MR) is 86.5 cm³/mol. The van der Waals surface area contributed by atoms with Gasteiger partial charge in [-0.1, -0.05) is 43.0 Å². The normalized spacial score (nSPS) is 19.0. The van der Waals surface area contributed by atoms with Crippen LogP contribution in [0.15, 0.2) is 24.3 Å². The van der Waals surface area contributed by atoms with Crippen molar-refractivity contribution in [1.82, 2.24) is 5.32 Å². The lowest BCUT2D eigenvalue weighted by molar-refractivity contribution is -0.908. The van der Waals surface area contributed by atoms with Crippen molar-refractivity contribution in [3.05, 3.63) is 34.9 Å². The standard InChI is InChI=1S/C17H25ClN2O/c1-13(17(21)19-16-6-4-3-5-7-16)20(2)12-14-8-10-15(18)11-9-14/h8-11,13,16H,3-7,12H2,1-2H3,(H,19,21)/p+1/t13-/m0/s1. The maximum absolute atomic E-state index is 12.3. The SMILES string of the molecule is C[C@@H](C(=O)NC1CCCCC1)[NH+](C)Cc1ccc(Cl)cc1. The summed E-state index contributed by atoms with van der Waals surface area (Å²) in [5, 5.41) is 3.96. The van der Waals surface area contributed by atoms with Crippen LogP contribution < -0.4 is 10.2 Å². The summed E-state index contributed by atoms with van der Waals surface area (Å²) in [5.41, 5.74) is 1.20. The summed E-state index contributed by atoms with van der Waals surface area (Å²) in [5.74, 6) is 0.174. The molecule has 1 aliphatic carbocycles. The van der Waals surface area contributed by atoms with E-state index in [2.05, 4.69) is 12.4 Å². The molecule has 0 bridgehead atoms. The molecule has 1 aromatic rings. The van der Waals surface area contributed by atoms with Crippen LogP contribution in [0.25, 0.3) is 0 Å². The summed E-state index contributed by atoms with van der Waals surface area (Å²) in [6.07, 6.45) is 6.06. The lowest BCUT2D eigenvalue weighted by atomic mass is 9.95. The van der Waals surface area contributed by atoms with E-state index in [1.54, 1.807) is 0 Å². The summed E-state index contributed by atoms with van der Waals surface area (Å²) in [4.78, 5) is 13.5. The van der Waals surface area contributed by atoms with Gasteiger partial charge in [-0.3, -0.25) is 4.79 Å². The summed E-state index contributed by atoms with van der Waals surface area (Å²) in [6, 6.07) is 8.20. The monoisotopic (exact) mass is 309 g/mol. The van der Waals surface area contributed by atoms with Crippen molar-refractivity contribution in [3.63, 3.8) is 0 Å². The van der Waals surface area contributed by atoms with Crippen LogP contribution in [0.5, 0.6) is 0 Å². The fourth-order valence-electron chi connectivity index (χ4n) is 2.87. The summed E-state index contributed by atoms with van der Waals surface area (Å²) in [6.45, 7) is 2.83. The number of likely N-dealkylation sites (N-methyl/N-ethyl adjacent to an activating group) is 1. The number of carbonyl (C=O) groups is 1. The van der Waals surface area contributed by atoms with Crippen LogP contribution in [0.4, 0.5) is 0 Å². The Morgan fingerprint density at radius 1 is 1.29 bits per heavy atom. The minimum atomic E-state index is -0.0393. The highest BCUT2D eigenvalue weighted by Crippen LogP contribution is 2.17. The zero-order valence-electron chi connectivity index (χ0n) is 13.0. The van der Waals surface area contributed by atoms with Gasteiger partial charge in [0, 0.05) is 16.6 Å². The molecule has 116 valence electrons. The van der Waals surface area contributed by atoms with Crippen molar-refractivity contribution in [2.75, 3.05) is 7.05 Å². The molecule has 1 aliphatic rings. The van der Waals surface area contributed by atoms with E-state index in [9.17, 15) is 4.79 Å². The summed E-state index contributed by atoms with van der Waals surface area (Å²) in [7, 11) is 2.07. The van der Waals surface area contributed by atoms with E-state index in [0.29, 0.717) is 6.04 Å². The molecule has 0 aromatic heterocycles. The van der Waals surface area contributed by atoms with Crippen molar-refractivity contribution in [3.8, 4) is 0 Å². The Morgan fingerprint density at radius 3 is 2.52 bits per heavy atom. The predicted octanol–water partition coefficient (Wildman–Crippen LogP) is 2.19. The Morgan fingerprint density at radius 2 is 1.90 bits per heavy atom. The second-order valence-electron chi connectivity index (χ2n) is 6.21. The lowest BCUT2D eigenvalue weighted by Crippen LogP contribution is -3.12. The third-order valence-corrected chi connectivity index (χ3v) is 4.73. The third-order valence-electron chi connectivity index (χ3n) is 4.48. The second kappa shape index (κ2) is 7.81. The van der Waals surface area contributed by atoms with Gasteiger partial charge in [0.1, 0.15) is 6.54 Å². The molecule has 0 aliphatic heterocycles. The Balaban J connectivity index is 1.84. The molecule has 0 radical (unpaired) electrons. The average molecular weight is 310 g/mol. The van der Waals surface area contributed by atoms with Crippen LogP contribution >= 0.6 is 11.6 Å².